The molecular weight excluding hydrogens is 292 g/mol. The second-order valence-corrected chi connectivity index (χ2v) is 6.12. The SMILES string of the molecule is CC(C)C1CC(=O)c2ccc(O)cc2O1.COc1cc2ccc1=2. The molecule has 1 N–H and O–H groups in total. The summed E-state index contributed by atoms with van der Waals surface area (Å²) in [7, 11) is 1.70. The van der Waals surface area contributed by atoms with Crippen molar-refractivity contribution in [1.29, 1.82) is 0 Å². The summed E-state index contributed by atoms with van der Waals surface area (Å²) in [5.74, 6) is 2.05. The first kappa shape index (κ1) is 15.4. The first-order valence-corrected chi connectivity index (χ1v) is 7.71. The number of rotatable bonds is 2. The minimum Gasteiger partial charge on any atom is -0.508 e. The Labute approximate surface area is 135 Å². The molecule has 0 fully saturated rings. The third-order valence-corrected chi connectivity index (χ3v) is 4.19. The summed E-state index contributed by atoms with van der Waals surface area (Å²) in [6.07, 6.45) is 0.349. The largest absolute Gasteiger partial charge is 0.508 e. The van der Waals surface area contributed by atoms with Gasteiger partial charge in [0.15, 0.2) is 5.78 Å². The average molecular weight is 312 g/mol. The maximum Gasteiger partial charge on any atom is 0.170 e. The molecule has 1 atom stereocenters. The smallest absolute Gasteiger partial charge is 0.170 e. The second kappa shape index (κ2) is 5.95. The number of hydrogen-bond donors (Lipinski definition) is 1. The summed E-state index contributed by atoms with van der Waals surface area (Å²) in [4.78, 5) is 11.8. The fraction of sp³-hybridized carbons (Fsp3) is 0.316. The Bertz CT molecular complexity index is 839. The molecule has 4 nitrogen and oxygen atoms in total. The van der Waals surface area contributed by atoms with E-state index < -0.39 is 0 Å². The van der Waals surface area contributed by atoms with Crippen LogP contribution in [0.2, 0.25) is 0 Å². The monoisotopic (exact) mass is 312 g/mol. The summed E-state index contributed by atoms with van der Waals surface area (Å²) >= 11 is 0. The van der Waals surface area contributed by atoms with Crippen molar-refractivity contribution in [2.24, 2.45) is 5.92 Å². The molecule has 120 valence electrons. The molecule has 3 aliphatic rings. The first-order valence-electron chi connectivity index (χ1n) is 7.71. The molecule has 0 spiro atoms. The third-order valence-electron chi connectivity index (χ3n) is 4.19. The van der Waals surface area contributed by atoms with E-state index in [0.29, 0.717) is 23.7 Å². The van der Waals surface area contributed by atoms with Gasteiger partial charge in [-0.05, 0) is 29.3 Å². The van der Waals surface area contributed by atoms with E-state index in [1.165, 1.54) is 22.6 Å². The molecule has 0 amide bonds. The number of carbonyl (C=O) groups excluding carboxylic acids is 1. The van der Waals surface area contributed by atoms with Crippen LogP contribution in [-0.4, -0.2) is 24.1 Å². The van der Waals surface area contributed by atoms with E-state index in [4.69, 9.17) is 9.47 Å². The zero-order chi connectivity index (χ0) is 16.6. The molecule has 0 aromatic heterocycles. The van der Waals surface area contributed by atoms with Gasteiger partial charge in [0, 0.05) is 17.7 Å². The summed E-state index contributed by atoms with van der Waals surface area (Å²) in [6.45, 7) is 4.04. The topological polar surface area (TPSA) is 55.8 Å². The maximum atomic E-state index is 11.8. The summed E-state index contributed by atoms with van der Waals surface area (Å²) < 4.78 is 10.6. The molecule has 0 radical (unpaired) electrons. The number of carbonyl (C=O) groups is 1. The highest BCUT2D eigenvalue weighted by Crippen LogP contribution is 2.32. The van der Waals surface area contributed by atoms with Crippen molar-refractivity contribution < 1.29 is 19.4 Å². The van der Waals surface area contributed by atoms with Crippen LogP contribution >= 0.6 is 0 Å². The van der Waals surface area contributed by atoms with Gasteiger partial charge in [-0.3, -0.25) is 4.79 Å². The van der Waals surface area contributed by atoms with E-state index in [1.54, 1.807) is 13.2 Å². The number of aromatic hydroxyl groups is 1. The molecule has 1 aromatic rings. The van der Waals surface area contributed by atoms with E-state index in [2.05, 4.69) is 12.1 Å². The lowest BCUT2D eigenvalue weighted by atomic mass is 9.94. The Balaban J connectivity index is 0.000000162. The highest BCUT2D eigenvalue weighted by Gasteiger charge is 2.28. The van der Waals surface area contributed by atoms with Gasteiger partial charge in [-0.15, -0.1) is 0 Å². The number of ether oxygens (including phenoxy) is 2. The molecule has 1 heterocycles. The van der Waals surface area contributed by atoms with Crippen LogP contribution in [0.3, 0.4) is 0 Å². The van der Waals surface area contributed by atoms with Gasteiger partial charge in [-0.1, -0.05) is 26.0 Å². The number of hydrogen-bond acceptors (Lipinski definition) is 4. The molecular formula is C19H20O4. The van der Waals surface area contributed by atoms with Crippen molar-refractivity contribution in [2.45, 2.75) is 26.4 Å². The lowest BCUT2D eigenvalue weighted by Gasteiger charge is -2.27. The van der Waals surface area contributed by atoms with Crippen molar-refractivity contribution in [2.75, 3.05) is 7.11 Å². The van der Waals surface area contributed by atoms with Gasteiger partial charge in [-0.2, -0.15) is 0 Å². The quantitative estimate of drug-likeness (QED) is 0.784. The standard InChI is InChI=1S/C12H14O3.C7H6O/c1-7(2)11-6-10(14)9-4-3-8(13)5-12(9)15-11;1-8-7-4-5-2-3-6(5)7/h3-5,7,11,13H,6H2,1-2H3;2-4H,1H3. The number of fused-ring (bicyclic) bond motifs is 1. The lowest BCUT2D eigenvalue weighted by molar-refractivity contribution is 0.0771. The summed E-state index contributed by atoms with van der Waals surface area (Å²) in [5.41, 5.74) is 0.574. The van der Waals surface area contributed by atoms with Crippen LogP contribution < -0.4 is 9.47 Å². The van der Waals surface area contributed by atoms with Crippen molar-refractivity contribution in [3.05, 3.63) is 52.4 Å². The zero-order valence-corrected chi connectivity index (χ0v) is 13.5. The number of methoxy groups -OCH3 is 1. The molecule has 2 aliphatic carbocycles. The van der Waals surface area contributed by atoms with Gasteiger partial charge < -0.3 is 14.6 Å². The summed E-state index contributed by atoms with van der Waals surface area (Å²) in [5, 5.41) is 11.9. The van der Waals surface area contributed by atoms with Crippen LogP contribution in [0.4, 0.5) is 0 Å². The Kier molecular flexibility index (Phi) is 3.99. The highest BCUT2D eigenvalue weighted by atomic mass is 16.5. The maximum absolute atomic E-state index is 11.8. The lowest BCUT2D eigenvalue weighted by Crippen LogP contribution is -2.31. The Morgan fingerprint density at radius 3 is 2.48 bits per heavy atom. The van der Waals surface area contributed by atoms with Gasteiger partial charge in [0.25, 0.3) is 0 Å². The average Bonchev–Trinajstić information content (AvgIpc) is 2.50. The Hall–Kier alpha value is -2.49. The summed E-state index contributed by atoms with van der Waals surface area (Å²) in [6, 6.07) is 10.8. The molecule has 0 bridgehead atoms. The van der Waals surface area contributed by atoms with Gasteiger partial charge in [0.05, 0.1) is 12.7 Å². The van der Waals surface area contributed by atoms with E-state index in [1.807, 2.05) is 19.9 Å². The number of phenols is 1. The Morgan fingerprint density at radius 1 is 1.22 bits per heavy atom. The van der Waals surface area contributed by atoms with Gasteiger partial charge >= 0.3 is 0 Å². The fourth-order valence-electron chi connectivity index (χ4n) is 2.63. The van der Waals surface area contributed by atoms with Crippen molar-refractivity contribution in [3.8, 4) is 17.2 Å². The van der Waals surface area contributed by atoms with Crippen LogP contribution in [0, 0.1) is 16.4 Å². The van der Waals surface area contributed by atoms with Crippen molar-refractivity contribution in [1.82, 2.24) is 0 Å². The predicted octanol–water partition coefficient (Wildman–Crippen LogP) is 3.68. The zero-order valence-electron chi connectivity index (χ0n) is 13.5. The number of phenolic OH excluding ortho intramolecular Hbond substituents is 1. The van der Waals surface area contributed by atoms with Crippen LogP contribution in [0.5, 0.6) is 17.2 Å². The van der Waals surface area contributed by atoms with E-state index in [-0.39, 0.29) is 17.6 Å². The van der Waals surface area contributed by atoms with Gasteiger partial charge in [-0.25, -0.2) is 0 Å². The third kappa shape index (κ3) is 2.89. The molecule has 0 saturated carbocycles. The van der Waals surface area contributed by atoms with E-state index >= 15 is 0 Å². The molecule has 1 aromatic carbocycles. The van der Waals surface area contributed by atoms with Gasteiger partial charge in [0.1, 0.15) is 23.4 Å². The predicted molar refractivity (Wildman–Crippen MR) is 87.0 cm³/mol. The minimum absolute atomic E-state index is 0.0770. The van der Waals surface area contributed by atoms with Crippen LogP contribution in [-0.2, 0) is 0 Å². The second-order valence-electron chi connectivity index (χ2n) is 6.12. The van der Waals surface area contributed by atoms with Crippen LogP contribution in [0.1, 0.15) is 30.6 Å². The molecule has 0 saturated heterocycles. The number of benzene rings is 2. The number of Topliss-reactive ketones (excluding diaryl/α,β-unsaturated/α-hetero) is 1. The number of ketones is 1. The Morgan fingerprint density at radius 2 is 2.00 bits per heavy atom. The van der Waals surface area contributed by atoms with E-state index in [9.17, 15) is 9.90 Å². The van der Waals surface area contributed by atoms with Crippen LogP contribution in [0.25, 0.3) is 0 Å². The minimum atomic E-state index is -0.0770. The van der Waals surface area contributed by atoms with E-state index in [0.717, 1.165) is 5.75 Å². The molecule has 23 heavy (non-hydrogen) atoms. The molecule has 1 aliphatic heterocycles. The first-order chi connectivity index (χ1) is 11.0. The molecule has 1 unspecified atom stereocenters. The van der Waals surface area contributed by atoms with Crippen LogP contribution in [0.15, 0.2) is 36.4 Å². The van der Waals surface area contributed by atoms with Crippen molar-refractivity contribution >= 4 is 5.78 Å². The normalized spacial score (nSPS) is 16.9. The molecule has 4 rings (SSSR count). The molecule has 4 heteroatoms. The van der Waals surface area contributed by atoms with Crippen molar-refractivity contribution in [3.63, 3.8) is 0 Å². The highest BCUT2D eigenvalue weighted by molar-refractivity contribution is 6.00. The fourth-order valence-corrected chi connectivity index (χ4v) is 2.63. The van der Waals surface area contributed by atoms with Gasteiger partial charge in [0.2, 0.25) is 0 Å².